The van der Waals surface area contributed by atoms with Crippen molar-refractivity contribution in [1.29, 1.82) is 0 Å². The first kappa shape index (κ1) is 11.9. The van der Waals surface area contributed by atoms with E-state index >= 15 is 0 Å². The summed E-state index contributed by atoms with van der Waals surface area (Å²) in [6, 6.07) is 1.70. The van der Waals surface area contributed by atoms with Gasteiger partial charge >= 0.3 is 0 Å². The largest absolute Gasteiger partial charge is 0.311 e. The van der Waals surface area contributed by atoms with E-state index in [1.807, 2.05) is 0 Å². The number of fused-ring (bicyclic) bond motifs is 2. The van der Waals surface area contributed by atoms with E-state index in [-0.39, 0.29) is 0 Å². The van der Waals surface area contributed by atoms with Crippen molar-refractivity contribution in [1.82, 2.24) is 15.1 Å². The van der Waals surface area contributed by atoms with Crippen LogP contribution in [0.2, 0.25) is 0 Å². The van der Waals surface area contributed by atoms with E-state index in [0.717, 1.165) is 23.9 Å². The van der Waals surface area contributed by atoms with Crippen LogP contribution in [0.3, 0.4) is 0 Å². The van der Waals surface area contributed by atoms with Gasteiger partial charge in [0.15, 0.2) is 0 Å². The Bertz CT molecular complexity index is 268. The average Bonchev–Trinajstić information content (AvgIpc) is 2.95. The number of nitrogens with zero attached hydrogens (tertiary/aromatic N) is 2. The summed E-state index contributed by atoms with van der Waals surface area (Å²) < 4.78 is 0. The van der Waals surface area contributed by atoms with E-state index in [4.69, 9.17) is 0 Å². The zero-order valence-corrected chi connectivity index (χ0v) is 11.4. The molecule has 98 valence electrons. The fraction of sp³-hybridized carbons (Fsp3) is 1.00. The first-order valence-corrected chi connectivity index (χ1v) is 7.34. The number of nitrogens with one attached hydrogen (secondary N) is 1. The first-order chi connectivity index (χ1) is 8.20. The van der Waals surface area contributed by atoms with Crippen molar-refractivity contribution in [2.75, 3.05) is 40.3 Å². The third kappa shape index (κ3) is 2.67. The molecule has 3 fully saturated rings. The van der Waals surface area contributed by atoms with E-state index in [1.54, 1.807) is 0 Å². The molecule has 0 radical (unpaired) electrons. The molecule has 0 aromatic rings. The second-order valence-corrected chi connectivity index (χ2v) is 6.68. The quantitative estimate of drug-likeness (QED) is 0.787. The summed E-state index contributed by atoms with van der Waals surface area (Å²) in [5.74, 6) is 1.84. The van der Waals surface area contributed by atoms with Crippen LogP contribution in [-0.2, 0) is 0 Å². The van der Waals surface area contributed by atoms with Gasteiger partial charge < -0.3 is 15.1 Å². The lowest BCUT2D eigenvalue weighted by atomic mass is 9.88. The highest BCUT2D eigenvalue weighted by Crippen LogP contribution is 2.33. The molecule has 3 heterocycles. The zero-order chi connectivity index (χ0) is 11.8. The Hall–Kier alpha value is -0.120. The first-order valence-electron chi connectivity index (χ1n) is 7.34. The minimum Gasteiger partial charge on any atom is -0.311 e. The minimum absolute atomic E-state index is 0.841. The molecule has 3 rings (SSSR count). The van der Waals surface area contributed by atoms with Gasteiger partial charge in [-0.2, -0.15) is 0 Å². The Morgan fingerprint density at radius 1 is 1.24 bits per heavy atom. The lowest BCUT2D eigenvalue weighted by Gasteiger charge is -2.27. The molecule has 0 spiro atoms. The van der Waals surface area contributed by atoms with Crippen molar-refractivity contribution in [2.45, 2.75) is 37.8 Å². The van der Waals surface area contributed by atoms with E-state index in [2.05, 4.69) is 29.2 Å². The van der Waals surface area contributed by atoms with Gasteiger partial charge in [0.25, 0.3) is 0 Å². The van der Waals surface area contributed by atoms with Crippen molar-refractivity contribution in [3.63, 3.8) is 0 Å². The second kappa shape index (κ2) is 4.87. The molecule has 0 aromatic heterocycles. The fourth-order valence-electron chi connectivity index (χ4n) is 4.23. The Morgan fingerprint density at radius 3 is 2.71 bits per heavy atom. The van der Waals surface area contributed by atoms with Crippen molar-refractivity contribution in [2.24, 2.45) is 11.8 Å². The lowest BCUT2D eigenvalue weighted by molar-refractivity contribution is 0.218. The predicted molar refractivity (Wildman–Crippen MR) is 71.2 cm³/mol. The molecule has 4 atom stereocenters. The van der Waals surface area contributed by atoms with E-state index < -0.39 is 0 Å². The molecule has 0 amide bonds. The fourth-order valence-corrected chi connectivity index (χ4v) is 4.23. The third-order valence-electron chi connectivity index (χ3n) is 5.04. The summed E-state index contributed by atoms with van der Waals surface area (Å²) in [7, 11) is 4.57. The van der Waals surface area contributed by atoms with Gasteiger partial charge in [-0.1, -0.05) is 0 Å². The summed E-state index contributed by atoms with van der Waals surface area (Å²) in [6.45, 7) is 5.22. The van der Waals surface area contributed by atoms with Crippen LogP contribution in [0.5, 0.6) is 0 Å². The molecule has 3 heteroatoms. The average molecular weight is 237 g/mol. The van der Waals surface area contributed by atoms with Gasteiger partial charge in [-0.15, -0.1) is 0 Å². The molecule has 0 aromatic carbocycles. The van der Waals surface area contributed by atoms with Crippen LogP contribution < -0.4 is 5.32 Å². The van der Waals surface area contributed by atoms with Crippen LogP contribution in [-0.4, -0.2) is 62.2 Å². The van der Waals surface area contributed by atoms with Crippen LogP contribution in [0.15, 0.2) is 0 Å². The highest BCUT2D eigenvalue weighted by atomic mass is 15.2. The third-order valence-corrected chi connectivity index (χ3v) is 5.04. The molecule has 2 bridgehead atoms. The number of hydrogen-bond donors (Lipinski definition) is 1. The van der Waals surface area contributed by atoms with Crippen molar-refractivity contribution < 1.29 is 0 Å². The molecule has 3 saturated heterocycles. The van der Waals surface area contributed by atoms with Crippen molar-refractivity contribution in [3.8, 4) is 0 Å². The lowest BCUT2D eigenvalue weighted by Crippen LogP contribution is -2.36. The van der Waals surface area contributed by atoms with Crippen molar-refractivity contribution >= 4 is 0 Å². The standard InChI is InChI=1S/C14H27N3/c1-16-6-5-11(8-16)9-17(2)10-12-7-13-3-4-14(12)15-13/h11-15H,3-10H2,1-2H3. The van der Waals surface area contributed by atoms with Gasteiger partial charge in [0, 0.05) is 31.7 Å². The van der Waals surface area contributed by atoms with Gasteiger partial charge in [0.2, 0.25) is 0 Å². The molecule has 0 aliphatic carbocycles. The molecule has 0 saturated carbocycles. The smallest absolute Gasteiger partial charge is 0.0111 e. The maximum absolute atomic E-state index is 3.75. The molecular weight excluding hydrogens is 210 g/mol. The topological polar surface area (TPSA) is 18.5 Å². The summed E-state index contributed by atoms with van der Waals surface area (Å²) in [4.78, 5) is 5.06. The Morgan fingerprint density at radius 2 is 2.12 bits per heavy atom. The number of hydrogen-bond acceptors (Lipinski definition) is 3. The molecule has 3 aliphatic heterocycles. The van der Waals surface area contributed by atoms with Crippen LogP contribution in [0.25, 0.3) is 0 Å². The SMILES string of the molecule is CN1CCC(CN(C)CC2CC3CCC2N3)C1. The summed E-state index contributed by atoms with van der Waals surface area (Å²) >= 11 is 0. The van der Waals surface area contributed by atoms with Gasteiger partial charge in [-0.05, 0) is 58.2 Å². The molecule has 3 aliphatic rings. The molecular formula is C14H27N3. The monoisotopic (exact) mass is 237 g/mol. The summed E-state index contributed by atoms with van der Waals surface area (Å²) in [5, 5.41) is 3.75. The number of likely N-dealkylation sites (tertiary alicyclic amines) is 1. The normalized spacial score (nSPS) is 41.8. The highest BCUT2D eigenvalue weighted by molar-refractivity contribution is 4.98. The Kier molecular flexibility index (Phi) is 3.42. The van der Waals surface area contributed by atoms with Crippen LogP contribution in [0.1, 0.15) is 25.7 Å². The number of rotatable bonds is 4. The van der Waals surface area contributed by atoms with Crippen LogP contribution in [0, 0.1) is 11.8 Å². The molecule has 1 N–H and O–H groups in total. The van der Waals surface area contributed by atoms with Crippen LogP contribution in [0.4, 0.5) is 0 Å². The summed E-state index contributed by atoms with van der Waals surface area (Å²) in [6.07, 6.45) is 5.68. The van der Waals surface area contributed by atoms with Crippen LogP contribution >= 0.6 is 0 Å². The predicted octanol–water partition coefficient (Wildman–Crippen LogP) is 1.01. The van der Waals surface area contributed by atoms with E-state index in [9.17, 15) is 0 Å². The highest BCUT2D eigenvalue weighted by Gasteiger charge is 2.39. The molecule has 17 heavy (non-hydrogen) atoms. The molecule has 3 nitrogen and oxygen atoms in total. The van der Waals surface area contributed by atoms with Gasteiger partial charge in [0.1, 0.15) is 0 Å². The Balaban J connectivity index is 1.43. The van der Waals surface area contributed by atoms with Gasteiger partial charge in [-0.25, -0.2) is 0 Å². The summed E-state index contributed by atoms with van der Waals surface area (Å²) in [5.41, 5.74) is 0. The maximum atomic E-state index is 3.75. The van der Waals surface area contributed by atoms with Gasteiger partial charge in [0.05, 0.1) is 0 Å². The molecule has 4 unspecified atom stereocenters. The Labute approximate surface area is 106 Å². The van der Waals surface area contributed by atoms with E-state index in [1.165, 1.54) is 51.9 Å². The minimum atomic E-state index is 0.841. The maximum Gasteiger partial charge on any atom is 0.0111 e. The zero-order valence-electron chi connectivity index (χ0n) is 11.4. The van der Waals surface area contributed by atoms with Gasteiger partial charge in [-0.3, -0.25) is 0 Å². The van der Waals surface area contributed by atoms with Crippen molar-refractivity contribution in [3.05, 3.63) is 0 Å². The second-order valence-electron chi connectivity index (χ2n) is 6.68. The van der Waals surface area contributed by atoms with E-state index in [0.29, 0.717) is 0 Å².